The molecule has 0 bridgehead atoms. The molecule has 5 heteroatoms. The quantitative estimate of drug-likeness (QED) is 0.908. The molecule has 3 unspecified atom stereocenters. The van der Waals surface area contributed by atoms with E-state index in [2.05, 4.69) is 22.3 Å². The number of rotatable bonds is 3. The molecule has 1 fully saturated rings. The molecule has 1 aromatic carbocycles. The van der Waals surface area contributed by atoms with Crippen LogP contribution < -0.4 is 0 Å². The maximum absolute atomic E-state index is 10.8. The van der Waals surface area contributed by atoms with E-state index in [9.17, 15) is 4.79 Å². The summed E-state index contributed by atoms with van der Waals surface area (Å²) in [7, 11) is 0. The molecule has 0 saturated heterocycles. The lowest BCUT2D eigenvalue weighted by molar-refractivity contribution is -0.138. The van der Waals surface area contributed by atoms with Crippen molar-refractivity contribution in [1.82, 2.24) is 10.1 Å². The number of hydrogen-bond donors (Lipinski definition) is 1. The van der Waals surface area contributed by atoms with Crippen LogP contribution in [0, 0.1) is 5.92 Å². The zero-order valence-electron chi connectivity index (χ0n) is 10.1. The van der Waals surface area contributed by atoms with Crippen molar-refractivity contribution in [3.63, 3.8) is 0 Å². The van der Waals surface area contributed by atoms with Crippen molar-refractivity contribution in [2.75, 3.05) is 0 Å². The Morgan fingerprint density at radius 3 is 2.95 bits per heavy atom. The van der Waals surface area contributed by atoms with Crippen LogP contribution in [-0.2, 0) is 11.2 Å². The molecule has 5 nitrogen and oxygen atoms in total. The van der Waals surface area contributed by atoms with Gasteiger partial charge in [0.15, 0.2) is 5.82 Å². The number of hydrogen-bond acceptors (Lipinski definition) is 4. The van der Waals surface area contributed by atoms with Gasteiger partial charge in [-0.05, 0) is 24.0 Å². The largest absolute Gasteiger partial charge is 0.481 e. The van der Waals surface area contributed by atoms with E-state index < -0.39 is 5.97 Å². The van der Waals surface area contributed by atoms with Crippen molar-refractivity contribution in [2.45, 2.75) is 24.7 Å². The molecule has 96 valence electrons. The second-order valence-electron chi connectivity index (χ2n) is 5.23. The summed E-state index contributed by atoms with van der Waals surface area (Å²) < 4.78 is 5.22. The molecule has 2 aliphatic rings. The van der Waals surface area contributed by atoms with Gasteiger partial charge in [0.05, 0.1) is 17.8 Å². The van der Waals surface area contributed by atoms with Crippen molar-refractivity contribution in [3.05, 3.63) is 47.1 Å². The Hall–Kier alpha value is -2.17. The van der Waals surface area contributed by atoms with Gasteiger partial charge in [-0.3, -0.25) is 4.79 Å². The summed E-state index contributed by atoms with van der Waals surface area (Å²) in [5.41, 5.74) is 2.58. The minimum Gasteiger partial charge on any atom is -0.481 e. The highest BCUT2D eigenvalue weighted by Gasteiger charge is 2.48. The summed E-state index contributed by atoms with van der Waals surface area (Å²) in [6.07, 6.45) is 1.54. The molecule has 1 heterocycles. The standard InChI is InChI=1S/C14H12N2O3/c17-14(18)11-6-10(11)13-15-12(16-19-13)9-5-7-3-1-2-4-8(7)9/h1-4,9-11H,5-6H2,(H,17,18). The van der Waals surface area contributed by atoms with Crippen LogP contribution in [0.3, 0.4) is 0 Å². The van der Waals surface area contributed by atoms with E-state index in [1.807, 2.05) is 12.1 Å². The molecule has 2 aromatic rings. The van der Waals surface area contributed by atoms with E-state index >= 15 is 0 Å². The predicted octanol–water partition coefficient (Wildman–Crippen LogP) is 1.95. The first-order chi connectivity index (χ1) is 9.24. The number of carboxylic acids is 1. The number of carboxylic acid groups (broad SMARTS) is 1. The number of aromatic nitrogens is 2. The Balaban J connectivity index is 1.56. The molecule has 19 heavy (non-hydrogen) atoms. The van der Waals surface area contributed by atoms with Crippen molar-refractivity contribution in [3.8, 4) is 0 Å². The number of benzene rings is 1. The maximum Gasteiger partial charge on any atom is 0.307 e. The molecule has 2 aliphatic carbocycles. The minimum atomic E-state index is -0.779. The van der Waals surface area contributed by atoms with Crippen LogP contribution in [-0.4, -0.2) is 21.2 Å². The third-order valence-electron chi connectivity index (χ3n) is 4.05. The Bertz CT molecular complexity index is 664. The zero-order valence-corrected chi connectivity index (χ0v) is 10.1. The SMILES string of the molecule is O=C(O)C1CC1c1nc(C2Cc3ccccc32)no1. The van der Waals surface area contributed by atoms with Crippen LogP contribution in [0.15, 0.2) is 28.8 Å². The van der Waals surface area contributed by atoms with E-state index in [1.54, 1.807) is 0 Å². The molecule has 1 N–H and O–H groups in total. The summed E-state index contributed by atoms with van der Waals surface area (Å²) >= 11 is 0. The van der Waals surface area contributed by atoms with Gasteiger partial charge in [0.1, 0.15) is 0 Å². The molecule has 0 radical (unpaired) electrons. The van der Waals surface area contributed by atoms with Crippen LogP contribution in [0.1, 0.15) is 41.1 Å². The molecule has 0 spiro atoms. The molecule has 3 atom stereocenters. The number of nitrogens with zero attached hydrogens (tertiary/aromatic N) is 2. The number of aliphatic carboxylic acids is 1. The maximum atomic E-state index is 10.8. The molecular formula is C14H12N2O3. The van der Waals surface area contributed by atoms with Gasteiger partial charge in [-0.1, -0.05) is 29.4 Å². The van der Waals surface area contributed by atoms with Crippen LogP contribution in [0.4, 0.5) is 0 Å². The fraction of sp³-hybridized carbons (Fsp3) is 0.357. The first-order valence-corrected chi connectivity index (χ1v) is 6.38. The highest BCUT2D eigenvalue weighted by molar-refractivity contribution is 5.74. The zero-order chi connectivity index (χ0) is 13.0. The summed E-state index contributed by atoms with van der Waals surface area (Å²) in [4.78, 5) is 15.2. The summed E-state index contributed by atoms with van der Waals surface area (Å²) in [6.45, 7) is 0. The lowest BCUT2D eigenvalue weighted by Crippen LogP contribution is -2.19. The van der Waals surface area contributed by atoms with Crippen LogP contribution in [0.5, 0.6) is 0 Å². The Morgan fingerprint density at radius 2 is 2.21 bits per heavy atom. The fourth-order valence-electron chi connectivity index (χ4n) is 2.77. The van der Waals surface area contributed by atoms with Gasteiger partial charge in [-0.2, -0.15) is 4.98 Å². The Morgan fingerprint density at radius 1 is 1.37 bits per heavy atom. The van der Waals surface area contributed by atoms with Crippen LogP contribution in [0.2, 0.25) is 0 Å². The average molecular weight is 256 g/mol. The molecule has 0 amide bonds. The van der Waals surface area contributed by atoms with Gasteiger partial charge in [0.25, 0.3) is 0 Å². The number of fused-ring (bicyclic) bond motifs is 1. The van der Waals surface area contributed by atoms with E-state index in [1.165, 1.54) is 11.1 Å². The minimum absolute atomic E-state index is 0.0888. The Kier molecular flexibility index (Phi) is 2.07. The predicted molar refractivity (Wildman–Crippen MR) is 64.8 cm³/mol. The van der Waals surface area contributed by atoms with E-state index in [-0.39, 0.29) is 17.8 Å². The lowest BCUT2D eigenvalue weighted by atomic mass is 9.77. The van der Waals surface area contributed by atoms with E-state index in [4.69, 9.17) is 9.63 Å². The first-order valence-electron chi connectivity index (χ1n) is 6.38. The molecule has 1 aromatic heterocycles. The van der Waals surface area contributed by atoms with Crippen molar-refractivity contribution < 1.29 is 14.4 Å². The summed E-state index contributed by atoms with van der Waals surface area (Å²) in [5, 5.41) is 12.9. The van der Waals surface area contributed by atoms with E-state index in [0.29, 0.717) is 18.1 Å². The molecule has 4 rings (SSSR count). The first kappa shape index (κ1) is 10.7. The normalized spacial score (nSPS) is 27.5. The third-order valence-corrected chi connectivity index (χ3v) is 4.05. The fourth-order valence-corrected chi connectivity index (χ4v) is 2.77. The molecular weight excluding hydrogens is 244 g/mol. The van der Waals surface area contributed by atoms with Gasteiger partial charge in [0.2, 0.25) is 5.89 Å². The monoisotopic (exact) mass is 256 g/mol. The second-order valence-corrected chi connectivity index (χ2v) is 5.23. The summed E-state index contributed by atoms with van der Waals surface area (Å²) in [6, 6.07) is 8.22. The van der Waals surface area contributed by atoms with Gasteiger partial charge >= 0.3 is 5.97 Å². The smallest absolute Gasteiger partial charge is 0.307 e. The van der Waals surface area contributed by atoms with Gasteiger partial charge in [0, 0.05) is 0 Å². The second kappa shape index (κ2) is 3.66. The van der Waals surface area contributed by atoms with E-state index in [0.717, 1.165) is 6.42 Å². The lowest BCUT2D eigenvalue weighted by Gasteiger charge is -2.27. The van der Waals surface area contributed by atoms with Crippen molar-refractivity contribution in [1.29, 1.82) is 0 Å². The highest BCUT2D eigenvalue weighted by atomic mass is 16.5. The number of carbonyl (C=O) groups is 1. The molecule has 0 aliphatic heterocycles. The third kappa shape index (κ3) is 1.58. The summed E-state index contributed by atoms with van der Waals surface area (Å²) in [5.74, 6) is 0.155. The topological polar surface area (TPSA) is 76.2 Å². The van der Waals surface area contributed by atoms with Gasteiger partial charge in [-0.25, -0.2) is 0 Å². The average Bonchev–Trinajstić information content (AvgIpc) is 3.04. The van der Waals surface area contributed by atoms with Crippen molar-refractivity contribution in [2.24, 2.45) is 5.92 Å². The van der Waals surface area contributed by atoms with Crippen molar-refractivity contribution >= 4 is 5.97 Å². The van der Waals surface area contributed by atoms with Crippen LogP contribution >= 0.6 is 0 Å². The van der Waals surface area contributed by atoms with Gasteiger partial charge < -0.3 is 9.63 Å². The molecule has 1 saturated carbocycles. The highest BCUT2D eigenvalue weighted by Crippen LogP contribution is 2.47. The Labute approximate surface area is 109 Å². The van der Waals surface area contributed by atoms with Crippen LogP contribution in [0.25, 0.3) is 0 Å². The van der Waals surface area contributed by atoms with Gasteiger partial charge in [-0.15, -0.1) is 0 Å².